The number of aromatic amines is 1. The normalized spacial score (nSPS) is 18.3. The zero-order chi connectivity index (χ0) is 22.3. The molecule has 1 aromatic carbocycles. The molecule has 166 valence electrons. The molecule has 0 saturated heterocycles. The number of fused-ring (bicyclic) bond motifs is 2. The number of para-hydroxylation sites is 1. The number of carbonyl (C=O) groups excluding carboxylic acids is 1. The van der Waals surface area contributed by atoms with Crippen molar-refractivity contribution in [3.05, 3.63) is 71.9 Å². The van der Waals surface area contributed by atoms with Gasteiger partial charge in [0.1, 0.15) is 11.6 Å². The Morgan fingerprint density at radius 2 is 2.09 bits per heavy atom. The van der Waals surface area contributed by atoms with Crippen LogP contribution in [0.15, 0.2) is 59.3 Å². The minimum absolute atomic E-state index is 0.0687. The van der Waals surface area contributed by atoms with Crippen LogP contribution in [0, 0.1) is 0 Å². The molecule has 3 aromatic heterocycles. The summed E-state index contributed by atoms with van der Waals surface area (Å²) in [5.41, 5.74) is 1.98. The summed E-state index contributed by atoms with van der Waals surface area (Å²) in [4.78, 5) is 15.8. The van der Waals surface area contributed by atoms with Crippen LogP contribution >= 0.6 is 0 Å². The Kier molecular flexibility index (Phi) is 4.91. The monoisotopic (exact) mass is 443 g/mol. The Balaban J connectivity index is 1.31. The van der Waals surface area contributed by atoms with Gasteiger partial charge in [-0.2, -0.15) is 18.3 Å². The summed E-state index contributed by atoms with van der Waals surface area (Å²) >= 11 is 0. The van der Waals surface area contributed by atoms with Gasteiger partial charge in [-0.3, -0.25) is 4.79 Å². The number of amides is 1. The second kappa shape index (κ2) is 7.77. The van der Waals surface area contributed by atoms with Crippen LogP contribution in [0.2, 0.25) is 0 Å². The maximum absolute atomic E-state index is 13.7. The number of furan rings is 1. The van der Waals surface area contributed by atoms with Gasteiger partial charge in [-0.1, -0.05) is 18.2 Å². The molecule has 4 aromatic rings. The molecule has 7 nitrogen and oxygen atoms in total. The SMILES string of the molecule is O=C(NCCc1c[nH]c2ccccc12)c1cc2n(n1)[C@@H](C(F)(F)F)C[C@H](c1ccco1)N2. The van der Waals surface area contributed by atoms with Crippen molar-refractivity contribution in [3.63, 3.8) is 0 Å². The minimum atomic E-state index is -4.52. The molecule has 0 radical (unpaired) electrons. The highest BCUT2D eigenvalue weighted by molar-refractivity contribution is 5.93. The van der Waals surface area contributed by atoms with Crippen molar-refractivity contribution in [2.24, 2.45) is 0 Å². The number of hydrogen-bond donors (Lipinski definition) is 3. The summed E-state index contributed by atoms with van der Waals surface area (Å²) in [5.74, 6) is 0.00204. The third-order valence-electron chi connectivity index (χ3n) is 5.66. The molecule has 1 aliphatic heterocycles. The smallest absolute Gasteiger partial charge is 0.410 e. The molecule has 1 aliphatic rings. The molecule has 0 aliphatic carbocycles. The highest BCUT2D eigenvalue weighted by Crippen LogP contribution is 2.43. The van der Waals surface area contributed by atoms with E-state index in [-0.39, 0.29) is 17.9 Å². The topological polar surface area (TPSA) is 87.9 Å². The van der Waals surface area contributed by atoms with Crippen molar-refractivity contribution in [1.82, 2.24) is 20.1 Å². The predicted molar refractivity (Wildman–Crippen MR) is 111 cm³/mol. The van der Waals surface area contributed by atoms with E-state index < -0.39 is 24.2 Å². The number of rotatable bonds is 5. The van der Waals surface area contributed by atoms with Gasteiger partial charge in [0.15, 0.2) is 11.7 Å². The Morgan fingerprint density at radius 1 is 1.25 bits per heavy atom. The summed E-state index contributed by atoms with van der Waals surface area (Å²) in [6.07, 6.45) is -0.922. The highest BCUT2D eigenvalue weighted by atomic mass is 19.4. The molecule has 0 fully saturated rings. The molecule has 0 spiro atoms. The van der Waals surface area contributed by atoms with E-state index in [9.17, 15) is 18.0 Å². The van der Waals surface area contributed by atoms with E-state index in [0.29, 0.717) is 18.7 Å². The molecule has 0 unspecified atom stereocenters. The van der Waals surface area contributed by atoms with E-state index >= 15 is 0 Å². The average molecular weight is 443 g/mol. The fourth-order valence-electron chi connectivity index (χ4n) is 4.10. The van der Waals surface area contributed by atoms with Crippen molar-refractivity contribution >= 4 is 22.6 Å². The van der Waals surface area contributed by atoms with Crippen molar-refractivity contribution in [2.75, 3.05) is 11.9 Å². The van der Waals surface area contributed by atoms with Crippen LogP contribution in [0.4, 0.5) is 19.0 Å². The molecular weight excluding hydrogens is 423 g/mol. The zero-order valence-corrected chi connectivity index (χ0v) is 16.8. The second-order valence-electron chi connectivity index (χ2n) is 7.73. The van der Waals surface area contributed by atoms with Crippen molar-refractivity contribution in [1.29, 1.82) is 0 Å². The largest absolute Gasteiger partial charge is 0.467 e. The number of alkyl halides is 3. The lowest BCUT2D eigenvalue weighted by Crippen LogP contribution is -2.35. The molecule has 32 heavy (non-hydrogen) atoms. The number of benzene rings is 1. The van der Waals surface area contributed by atoms with Gasteiger partial charge in [0.05, 0.1) is 12.3 Å². The summed E-state index contributed by atoms with van der Waals surface area (Å²) in [6, 6.07) is 9.89. The number of carbonyl (C=O) groups is 1. The lowest BCUT2D eigenvalue weighted by Gasteiger charge is -2.32. The van der Waals surface area contributed by atoms with Crippen molar-refractivity contribution in [3.8, 4) is 0 Å². The molecule has 0 saturated carbocycles. The Hall–Kier alpha value is -3.69. The van der Waals surface area contributed by atoms with Crippen LogP contribution in [0.3, 0.4) is 0 Å². The summed E-state index contributed by atoms with van der Waals surface area (Å²) in [6.45, 7) is 0.327. The van der Waals surface area contributed by atoms with Crippen LogP contribution in [0.25, 0.3) is 10.9 Å². The highest BCUT2D eigenvalue weighted by Gasteiger charge is 2.47. The second-order valence-corrected chi connectivity index (χ2v) is 7.73. The summed E-state index contributed by atoms with van der Waals surface area (Å²) in [7, 11) is 0. The minimum Gasteiger partial charge on any atom is -0.467 e. The van der Waals surface area contributed by atoms with Gasteiger partial charge in [-0.05, 0) is 30.2 Å². The molecule has 4 heterocycles. The van der Waals surface area contributed by atoms with Crippen LogP contribution in [-0.4, -0.2) is 33.4 Å². The lowest BCUT2D eigenvalue weighted by molar-refractivity contribution is -0.174. The van der Waals surface area contributed by atoms with Crippen molar-refractivity contribution in [2.45, 2.75) is 31.1 Å². The number of H-pyrrole nitrogens is 1. The number of halogens is 3. The quantitative estimate of drug-likeness (QED) is 0.421. The van der Waals surface area contributed by atoms with Crippen LogP contribution in [-0.2, 0) is 6.42 Å². The number of nitrogens with one attached hydrogen (secondary N) is 3. The number of nitrogens with zero attached hydrogens (tertiary/aromatic N) is 2. The summed E-state index contributed by atoms with van der Waals surface area (Å²) < 4.78 is 47.3. The molecule has 0 bridgehead atoms. The van der Waals surface area contributed by atoms with E-state index in [1.165, 1.54) is 12.3 Å². The van der Waals surface area contributed by atoms with E-state index in [4.69, 9.17) is 4.42 Å². The fraction of sp³-hybridized carbons (Fsp3) is 0.273. The molecule has 10 heteroatoms. The Labute approximate surface area is 180 Å². The standard InChI is InChI=1S/C22H20F3N5O2/c23-22(24,25)19-10-16(18-6-3-9-32-18)28-20-11-17(29-30(19)20)21(31)26-8-7-13-12-27-15-5-2-1-4-14(13)15/h1-6,9,11-12,16,19,27-28H,7-8,10H2,(H,26,31)/t16-,19-/m1/s1. The average Bonchev–Trinajstić information content (AvgIpc) is 3.51. The predicted octanol–water partition coefficient (Wildman–Crippen LogP) is 4.59. The third-order valence-corrected chi connectivity index (χ3v) is 5.66. The first-order valence-electron chi connectivity index (χ1n) is 10.2. The van der Waals surface area contributed by atoms with Gasteiger partial charge >= 0.3 is 6.18 Å². The number of anilines is 1. The lowest BCUT2D eigenvalue weighted by atomic mass is 10.0. The van der Waals surface area contributed by atoms with Crippen molar-refractivity contribution < 1.29 is 22.4 Å². The molecule has 3 N–H and O–H groups in total. The van der Waals surface area contributed by atoms with Gasteiger partial charge in [0.25, 0.3) is 5.91 Å². The van der Waals surface area contributed by atoms with Gasteiger partial charge in [-0.25, -0.2) is 4.68 Å². The van der Waals surface area contributed by atoms with Gasteiger partial charge in [0, 0.05) is 36.1 Å². The third kappa shape index (κ3) is 3.72. The van der Waals surface area contributed by atoms with E-state index in [2.05, 4.69) is 20.7 Å². The van der Waals surface area contributed by atoms with E-state index in [0.717, 1.165) is 21.1 Å². The zero-order valence-electron chi connectivity index (χ0n) is 16.8. The van der Waals surface area contributed by atoms with E-state index in [1.54, 1.807) is 12.1 Å². The van der Waals surface area contributed by atoms with Gasteiger partial charge < -0.3 is 20.0 Å². The Morgan fingerprint density at radius 3 is 2.88 bits per heavy atom. The first-order chi connectivity index (χ1) is 15.4. The maximum atomic E-state index is 13.7. The number of aromatic nitrogens is 3. The van der Waals surface area contributed by atoms with Gasteiger partial charge in [0.2, 0.25) is 0 Å². The van der Waals surface area contributed by atoms with Crippen LogP contribution < -0.4 is 10.6 Å². The molecule has 5 rings (SSSR count). The van der Waals surface area contributed by atoms with Crippen LogP contribution in [0.5, 0.6) is 0 Å². The number of hydrogen-bond acceptors (Lipinski definition) is 4. The Bertz CT molecular complexity index is 1240. The van der Waals surface area contributed by atoms with Crippen LogP contribution in [0.1, 0.15) is 40.3 Å². The molecular formula is C22H20F3N5O2. The maximum Gasteiger partial charge on any atom is 0.410 e. The summed E-state index contributed by atoms with van der Waals surface area (Å²) in [5, 5.41) is 10.8. The molecule has 1 amide bonds. The first-order valence-corrected chi connectivity index (χ1v) is 10.2. The van der Waals surface area contributed by atoms with E-state index in [1.807, 2.05) is 30.5 Å². The molecule has 2 atom stereocenters. The van der Waals surface area contributed by atoms with Gasteiger partial charge in [-0.15, -0.1) is 0 Å². The fourth-order valence-corrected chi connectivity index (χ4v) is 4.10. The first kappa shape index (κ1) is 20.2.